The van der Waals surface area contributed by atoms with Crippen LogP contribution in [0.25, 0.3) is 0 Å². The third-order valence-corrected chi connectivity index (χ3v) is 3.67. The van der Waals surface area contributed by atoms with Crippen LogP contribution in [0, 0.1) is 5.92 Å². The lowest BCUT2D eigenvalue weighted by molar-refractivity contribution is -0.155. The molecule has 0 aromatic heterocycles. The van der Waals surface area contributed by atoms with Crippen molar-refractivity contribution in [1.29, 1.82) is 0 Å². The van der Waals surface area contributed by atoms with Gasteiger partial charge in [-0.25, -0.2) is 0 Å². The standard InChI is InChI=1S/C16H24O3/c17-15-9-6-8-14(13-15)7-2-1-4-11-18-16-10-3-5-12-19-16/h1-2,4,7,14,16H,3,5-6,8-13H2/b4-1+,7-2-. The number of ether oxygens (including phenoxy) is 2. The minimum atomic E-state index is -0.0154. The maximum Gasteiger partial charge on any atom is 0.157 e. The van der Waals surface area contributed by atoms with Gasteiger partial charge in [-0.2, -0.15) is 0 Å². The van der Waals surface area contributed by atoms with E-state index in [0.29, 0.717) is 18.3 Å². The predicted octanol–water partition coefficient (Wildman–Crippen LogP) is 3.40. The van der Waals surface area contributed by atoms with Crippen LogP contribution in [0.3, 0.4) is 0 Å². The topological polar surface area (TPSA) is 35.5 Å². The molecule has 3 nitrogen and oxygen atoms in total. The first-order valence-corrected chi connectivity index (χ1v) is 7.43. The molecule has 0 amide bonds. The van der Waals surface area contributed by atoms with Gasteiger partial charge in [-0.1, -0.05) is 24.3 Å². The highest BCUT2D eigenvalue weighted by Crippen LogP contribution is 2.22. The molecule has 3 heteroatoms. The molecule has 0 bridgehead atoms. The number of hydrogen-bond donors (Lipinski definition) is 0. The van der Waals surface area contributed by atoms with Gasteiger partial charge in [0.25, 0.3) is 0 Å². The maximum absolute atomic E-state index is 11.3. The van der Waals surface area contributed by atoms with Crippen LogP contribution in [-0.4, -0.2) is 25.3 Å². The molecule has 0 radical (unpaired) electrons. The second-order valence-electron chi connectivity index (χ2n) is 5.34. The van der Waals surface area contributed by atoms with E-state index in [0.717, 1.165) is 45.1 Å². The lowest BCUT2D eigenvalue weighted by Gasteiger charge is -2.21. The number of ketones is 1. The van der Waals surface area contributed by atoms with E-state index in [-0.39, 0.29) is 6.29 Å². The van der Waals surface area contributed by atoms with Crippen LogP contribution in [0.2, 0.25) is 0 Å². The summed E-state index contributed by atoms with van der Waals surface area (Å²) in [5, 5.41) is 0. The van der Waals surface area contributed by atoms with Crippen molar-refractivity contribution < 1.29 is 14.3 Å². The Morgan fingerprint density at radius 3 is 2.95 bits per heavy atom. The molecule has 0 aromatic rings. The molecule has 2 aliphatic rings. The molecule has 19 heavy (non-hydrogen) atoms. The summed E-state index contributed by atoms with van der Waals surface area (Å²) >= 11 is 0. The van der Waals surface area contributed by atoms with E-state index in [1.54, 1.807) is 0 Å². The monoisotopic (exact) mass is 264 g/mol. The number of hydrogen-bond acceptors (Lipinski definition) is 3. The van der Waals surface area contributed by atoms with E-state index < -0.39 is 0 Å². The number of Topliss-reactive ketones (excluding diaryl/α,β-unsaturated/α-hetero) is 1. The van der Waals surface area contributed by atoms with Gasteiger partial charge in [0, 0.05) is 19.4 Å². The van der Waals surface area contributed by atoms with Crippen LogP contribution >= 0.6 is 0 Å². The summed E-state index contributed by atoms with van der Waals surface area (Å²) in [5.74, 6) is 0.844. The zero-order valence-corrected chi connectivity index (χ0v) is 11.6. The lowest BCUT2D eigenvalue weighted by Crippen LogP contribution is -2.22. The molecule has 1 aliphatic carbocycles. The fraction of sp³-hybridized carbons (Fsp3) is 0.688. The van der Waals surface area contributed by atoms with Crippen molar-refractivity contribution in [3.8, 4) is 0 Å². The summed E-state index contributed by atoms with van der Waals surface area (Å²) in [6.07, 6.45) is 15.2. The van der Waals surface area contributed by atoms with Crippen LogP contribution in [-0.2, 0) is 14.3 Å². The maximum atomic E-state index is 11.3. The molecule has 2 atom stereocenters. The SMILES string of the molecule is O=C1CCCC(/C=C\C=C\COC2CCCCO2)C1. The van der Waals surface area contributed by atoms with Crippen molar-refractivity contribution in [3.63, 3.8) is 0 Å². The second-order valence-corrected chi connectivity index (χ2v) is 5.34. The minimum absolute atomic E-state index is 0.0154. The zero-order valence-electron chi connectivity index (χ0n) is 11.6. The van der Waals surface area contributed by atoms with Gasteiger partial charge < -0.3 is 9.47 Å². The third kappa shape index (κ3) is 5.70. The highest BCUT2D eigenvalue weighted by molar-refractivity contribution is 5.79. The largest absolute Gasteiger partial charge is 0.353 e. The lowest BCUT2D eigenvalue weighted by atomic mass is 9.88. The van der Waals surface area contributed by atoms with Crippen molar-refractivity contribution in [1.82, 2.24) is 0 Å². The fourth-order valence-electron chi connectivity index (χ4n) is 2.58. The van der Waals surface area contributed by atoms with E-state index in [9.17, 15) is 4.79 Å². The van der Waals surface area contributed by atoms with E-state index in [4.69, 9.17) is 9.47 Å². The molecule has 2 unspecified atom stereocenters. The van der Waals surface area contributed by atoms with Gasteiger partial charge in [-0.15, -0.1) is 0 Å². The van der Waals surface area contributed by atoms with Gasteiger partial charge in [0.15, 0.2) is 6.29 Å². The molecule has 0 N–H and O–H groups in total. The van der Waals surface area contributed by atoms with Crippen molar-refractivity contribution in [3.05, 3.63) is 24.3 Å². The van der Waals surface area contributed by atoms with Crippen LogP contribution in [0.1, 0.15) is 44.9 Å². The molecule has 1 saturated heterocycles. The summed E-state index contributed by atoms with van der Waals surface area (Å²) in [7, 11) is 0. The second kappa shape index (κ2) is 8.28. The highest BCUT2D eigenvalue weighted by Gasteiger charge is 2.16. The normalized spacial score (nSPS) is 29.4. The van der Waals surface area contributed by atoms with E-state index in [2.05, 4.69) is 6.08 Å². The third-order valence-electron chi connectivity index (χ3n) is 3.67. The number of rotatable bonds is 5. The summed E-state index contributed by atoms with van der Waals surface area (Å²) in [6.45, 7) is 1.42. The average Bonchev–Trinajstić information content (AvgIpc) is 2.44. The van der Waals surface area contributed by atoms with Gasteiger partial charge in [-0.3, -0.25) is 4.79 Å². The Morgan fingerprint density at radius 1 is 1.21 bits per heavy atom. The fourth-order valence-corrected chi connectivity index (χ4v) is 2.58. The molecule has 1 aliphatic heterocycles. The van der Waals surface area contributed by atoms with Crippen LogP contribution in [0.15, 0.2) is 24.3 Å². The van der Waals surface area contributed by atoms with E-state index >= 15 is 0 Å². The molecule has 106 valence electrons. The molecular formula is C16H24O3. The molecule has 0 aromatic carbocycles. The summed E-state index contributed by atoms with van der Waals surface area (Å²) in [4.78, 5) is 11.3. The van der Waals surface area contributed by atoms with Gasteiger partial charge in [0.2, 0.25) is 0 Å². The highest BCUT2D eigenvalue weighted by atomic mass is 16.7. The Kier molecular flexibility index (Phi) is 6.31. The number of carbonyl (C=O) groups is 1. The quantitative estimate of drug-likeness (QED) is 0.714. The van der Waals surface area contributed by atoms with Crippen molar-refractivity contribution in [2.24, 2.45) is 5.92 Å². The van der Waals surface area contributed by atoms with Crippen molar-refractivity contribution >= 4 is 5.78 Å². The van der Waals surface area contributed by atoms with Gasteiger partial charge in [-0.05, 0) is 38.0 Å². The smallest absolute Gasteiger partial charge is 0.157 e. The molecule has 1 heterocycles. The molecule has 2 rings (SSSR count). The van der Waals surface area contributed by atoms with Crippen molar-refractivity contribution in [2.75, 3.05) is 13.2 Å². The van der Waals surface area contributed by atoms with Crippen LogP contribution in [0.4, 0.5) is 0 Å². The Balaban J connectivity index is 1.58. The minimum Gasteiger partial charge on any atom is -0.353 e. The summed E-state index contributed by atoms with van der Waals surface area (Å²) < 4.78 is 11.1. The van der Waals surface area contributed by atoms with Crippen LogP contribution < -0.4 is 0 Å². The summed E-state index contributed by atoms with van der Waals surface area (Å²) in [6, 6.07) is 0. The number of allylic oxidation sites excluding steroid dienone is 3. The van der Waals surface area contributed by atoms with Gasteiger partial charge in [0.1, 0.15) is 5.78 Å². The van der Waals surface area contributed by atoms with Gasteiger partial charge in [0.05, 0.1) is 6.61 Å². The predicted molar refractivity (Wildman–Crippen MR) is 74.8 cm³/mol. The molecule has 0 spiro atoms. The Bertz CT molecular complexity index is 327. The van der Waals surface area contributed by atoms with E-state index in [1.807, 2.05) is 18.2 Å². The van der Waals surface area contributed by atoms with Crippen LogP contribution in [0.5, 0.6) is 0 Å². The average molecular weight is 264 g/mol. The van der Waals surface area contributed by atoms with E-state index in [1.165, 1.54) is 6.42 Å². The Hall–Kier alpha value is -0.930. The Morgan fingerprint density at radius 2 is 2.16 bits per heavy atom. The van der Waals surface area contributed by atoms with Gasteiger partial charge >= 0.3 is 0 Å². The zero-order chi connectivity index (χ0) is 13.3. The first kappa shape index (κ1) is 14.5. The summed E-state index contributed by atoms with van der Waals surface area (Å²) in [5.41, 5.74) is 0. The number of carbonyl (C=O) groups excluding carboxylic acids is 1. The van der Waals surface area contributed by atoms with Crippen molar-refractivity contribution in [2.45, 2.75) is 51.2 Å². The first-order valence-electron chi connectivity index (χ1n) is 7.43. The Labute approximate surface area is 115 Å². The molecule has 1 saturated carbocycles. The first-order chi connectivity index (χ1) is 9.34. The molecule has 2 fully saturated rings. The molecular weight excluding hydrogens is 240 g/mol.